The molecule has 0 aliphatic heterocycles. The molecule has 2 aromatic rings. The summed E-state index contributed by atoms with van der Waals surface area (Å²) in [4.78, 5) is -0.0239. The topological polar surface area (TPSA) is 72.2 Å². The summed E-state index contributed by atoms with van der Waals surface area (Å²) < 4.78 is 27.2. The number of anilines is 2. The van der Waals surface area contributed by atoms with Crippen molar-refractivity contribution in [3.05, 3.63) is 52.5 Å². The van der Waals surface area contributed by atoms with Gasteiger partial charge in [0.25, 0.3) is 10.0 Å². The van der Waals surface area contributed by atoms with E-state index >= 15 is 0 Å². The molecule has 6 heteroatoms. The van der Waals surface area contributed by atoms with Gasteiger partial charge < -0.3 is 5.73 Å². The highest BCUT2D eigenvalue weighted by molar-refractivity contribution is 7.92. The Kier molecular flexibility index (Phi) is 3.92. The molecule has 0 fully saturated rings. The number of nitrogens with two attached hydrogens (primary N) is 1. The molecule has 0 atom stereocenters. The van der Waals surface area contributed by atoms with Crippen LogP contribution in [0.4, 0.5) is 11.4 Å². The molecule has 0 heterocycles. The molecule has 0 bridgehead atoms. The molecule has 0 aliphatic carbocycles. The van der Waals surface area contributed by atoms with E-state index in [2.05, 4.69) is 4.72 Å². The van der Waals surface area contributed by atoms with Gasteiger partial charge in [-0.15, -0.1) is 0 Å². The minimum absolute atomic E-state index is 0.0239. The fraction of sp³-hybridized carbons (Fsp3) is 0.143. The highest BCUT2D eigenvalue weighted by atomic mass is 35.5. The third kappa shape index (κ3) is 3.23. The molecule has 20 heavy (non-hydrogen) atoms. The van der Waals surface area contributed by atoms with Crippen molar-refractivity contribution >= 4 is 33.0 Å². The third-order valence-corrected chi connectivity index (χ3v) is 4.41. The zero-order valence-corrected chi connectivity index (χ0v) is 12.7. The minimum atomic E-state index is -3.76. The number of nitrogens with one attached hydrogen (secondary N) is 1. The van der Waals surface area contributed by atoms with Crippen LogP contribution in [0, 0.1) is 13.8 Å². The molecule has 0 aromatic heterocycles. The summed E-state index contributed by atoms with van der Waals surface area (Å²) in [6, 6.07) is 9.83. The normalized spacial score (nSPS) is 11.3. The molecule has 0 unspecified atom stereocenters. The van der Waals surface area contributed by atoms with Gasteiger partial charge in [0.05, 0.1) is 5.69 Å². The number of nitrogen functional groups attached to an aromatic ring is 1. The molecule has 0 spiro atoms. The lowest BCUT2D eigenvalue weighted by Crippen LogP contribution is -2.15. The molecule has 2 aromatic carbocycles. The molecule has 2 rings (SSSR count). The first-order chi connectivity index (χ1) is 9.28. The Morgan fingerprint density at radius 2 is 1.65 bits per heavy atom. The van der Waals surface area contributed by atoms with E-state index in [4.69, 9.17) is 17.3 Å². The fourth-order valence-corrected chi connectivity index (χ4v) is 3.42. The van der Waals surface area contributed by atoms with Gasteiger partial charge in [0.15, 0.2) is 0 Å². The van der Waals surface area contributed by atoms with Gasteiger partial charge in [-0.1, -0.05) is 17.7 Å². The molecule has 4 nitrogen and oxygen atoms in total. The molecule has 0 aliphatic rings. The Morgan fingerprint density at radius 3 is 2.25 bits per heavy atom. The van der Waals surface area contributed by atoms with E-state index in [0.717, 1.165) is 11.1 Å². The van der Waals surface area contributed by atoms with Crippen LogP contribution in [0.3, 0.4) is 0 Å². The van der Waals surface area contributed by atoms with Crippen molar-refractivity contribution in [2.75, 3.05) is 10.5 Å². The maximum Gasteiger partial charge on any atom is 0.263 e. The predicted molar refractivity (Wildman–Crippen MR) is 82.6 cm³/mol. The largest absolute Gasteiger partial charge is 0.398 e. The minimum Gasteiger partial charge on any atom is -0.398 e. The van der Waals surface area contributed by atoms with Crippen LogP contribution in [0.2, 0.25) is 5.02 Å². The van der Waals surface area contributed by atoms with Crippen molar-refractivity contribution in [2.45, 2.75) is 18.7 Å². The lowest BCUT2D eigenvalue weighted by molar-refractivity contribution is 0.601. The number of hydrogen-bond acceptors (Lipinski definition) is 3. The first kappa shape index (κ1) is 14.7. The van der Waals surface area contributed by atoms with Crippen LogP contribution in [0.25, 0.3) is 0 Å². The van der Waals surface area contributed by atoms with E-state index in [-0.39, 0.29) is 10.6 Å². The van der Waals surface area contributed by atoms with Crippen LogP contribution in [0.5, 0.6) is 0 Å². The zero-order valence-electron chi connectivity index (χ0n) is 11.1. The maximum absolute atomic E-state index is 12.3. The summed E-state index contributed by atoms with van der Waals surface area (Å²) in [5.74, 6) is 0. The summed E-state index contributed by atoms with van der Waals surface area (Å²) in [7, 11) is -3.76. The van der Waals surface area contributed by atoms with Gasteiger partial charge in [-0.05, 0) is 55.3 Å². The van der Waals surface area contributed by atoms with E-state index in [1.807, 2.05) is 19.9 Å². The number of sulfonamides is 1. The van der Waals surface area contributed by atoms with Gasteiger partial charge in [-0.3, -0.25) is 4.72 Å². The third-order valence-electron chi connectivity index (χ3n) is 2.74. The van der Waals surface area contributed by atoms with E-state index in [0.29, 0.717) is 10.7 Å². The first-order valence-corrected chi connectivity index (χ1v) is 7.80. The predicted octanol–water partition coefficient (Wildman–Crippen LogP) is 3.34. The van der Waals surface area contributed by atoms with Gasteiger partial charge in [-0.25, -0.2) is 8.42 Å². The Morgan fingerprint density at radius 1 is 1.05 bits per heavy atom. The number of aryl methyl sites for hydroxylation is 2. The molecule has 0 saturated carbocycles. The van der Waals surface area contributed by atoms with Crippen molar-refractivity contribution in [3.8, 4) is 0 Å². The molecule has 0 radical (unpaired) electrons. The summed E-state index contributed by atoms with van der Waals surface area (Å²) >= 11 is 5.83. The summed E-state index contributed by atoms with van der Waals surface area (Å²) in [6.07, 6.45) is 0. The van der Waals surface area contributed by atoms with Gasteiger partial charge in [0, 0.05) is 10.7 Å². The van der Waals surface area contributed by atoms with E-state index in [1.54, 1.807) is 18.2 Å². The Balaban J connectivity index is 2.43. The van der Waals surface area contributed by atoms with Crippen LogP contribution >= 0.6 is 11.6 Å². The average Bonchev–Trinajstić information content (AvgIpc) is 2.30. The van der Waals surface area contributed by atoms with E-state index < -0.39 is 10.0 Å². The SMILES string of the molecule is Cc1cc(C)cc(NS(=O)(=O)c2cc(Cl)ccc2N)c1. The van der Waals surface area contributed by atoms with Crippen LogP contribution in [-0.4, -0.2) is 8.42 Å². The van der Waals surface area contributed by atoms with Crippen molar-refractivity contribution in [1.29, 1.82) is 0 Å². The second-order valence-electron chi connectivity index (χ2n) is 4.66. The average molecular weight is 311 g/mol. The molecule has 106 valence electrons. The zero-order chi connectivity index (χ0) is 14.9. The van der Waals surface area contributed by atoms with Gasteiger partial charge in [0.2, 0.25) is 0 Å². The summed E-state index contributed by atoms with van der Waals surface area (Å²) in [5.41, 5.74) is 8.32. The highest BCUT2D eigenvalue weighted by Gasteiger charge is 2.18. The van der Waals surface area contributed by atoms with E-state index in [9.17, 15) is 8.42 Å². The number of hydrogen-bond donors (Lipinski definition) is 2. The monoisotopic (exact) mass is 310 g/mol. The quantitative estimate of drug-likeness (QED) is 0.854. The molecular formula is C14H15ClN2O2S. The second kappa shape index (κ2) is 5.34. The Labute approximate surface area is 123 Å². The number of halogens is 1. The number of benzene rings is 2. The van der Waals surface area contributed by atoms with Gasteiger partial charge in [0.1, 0.15) is 4.90 Å². The smallest absolute Gasteiger partial charge is 0.263 e. The van der Waals surface area contributed by atoms with Crippen molar-refractivity contribution in [1.82, 2.24) is 0 Å². The van der Waals surface area contributed by atoms with Crippen LogP contribution in [-0.2, 0) is 10.0 Å². The fourth-order valence-electron chi connectivity index (χ4n) is 1.98. The highest BCUT2D eigenvalue weighted by Crippen LogP contribution is 2.25. The standard InChI is InChI=1S/C14H15ClN2O2S/c1-9-5-10(2)7-12(6-9)17-20(18,19)14-8-11(15)3-4-13(14)16/h3-8,17H,16H2,1-2H3. The van der Waals surface area contributed by atoms with Crippen molar-refractivity contribution < 1.29 is 8.42 Å². The van der Waals surface area contributed by atoms with Gasteiger partial charge in [-0.2, -0.15) is 0 Å². The van der Waals surface area contributed by atoms with Crippen molar-refractivity contribution in [3.63, 3.8) is 0 Å². The summed E-state index contributed by atoms with van der Waals surface area (Å²) in [5, 5.41) is 0.319. The maximum atomic E-state index is 12.3. The lowest BCUT2D eigenvalue weighted by atomic mass is 10.1. The first-order valence-electron chi connectivity index (χ1n) is 5.94. The van der Waals surface area contributed by atoms with E-state index in [1.165, 1.54) is 12.1 Å². The molecule has 0 saturated heterocycles. The number of rotatable bonds is 3. The molecular weight excluding hydrogens is 296 g/mol. The Hall–Kier alpha value is -1.72. The van der Waals surface area contributed by atoms with Crippen LogP contribution in [0.1, 0.15) is 11.1 Å². The molecule has 0 amide bonds. The summed E-state index contributed by atoms with van der Waals surface area (Å²) in [6.45, 7) is 3.80. The van der Waals surface area contributed by atoms with Crippen LogP contribution < -0.4 is 10.5 Å². The lowest BCUT2D eigenvalue weighted by Gasteiger charge is -2.11. The van der Waals surface area contributed by atoms with Crippen molar-refractivity contribution in [2.24, 2.45) is 0 Å². The second-order valence-corrected chi connectivity index (χ2v) is 6.75. The Bertz CT molecular complexity index is 738. The molecule has 3 N–H and O–H groups in total. The van der Waals surface area contributed by atoms with Crippen LogP contribution in [0.15, 0.2) is 41.3 Å². The van der Waals surface area contributed by atoms with Gasteiger partial charge >= 0.3 is 0 Å².